The third-order valence-electron chi connectivity index (χ3n) is 3.69. The molecule has 1 aliphatic heterocycles. The lowest BCUT2D eigenvalue weighted by molar-refractivity contribution is -0.0135. The van der Waals surface area contributed by atoms with Gasteiger partial charge in [-0.3, -0.25) is 0 Å². The van der Waals surface area contributed by atoms with Gasteiger partial charge in [0.05, 0.1) is 13.2 Å². The topological polar surface area (TPSA) is 41.6 Å². The molecule has 1 N–H and O–H groups in total. The van der Waals surface area contributed by atoms with Crippen LogP contribution >= 0.6 is 0 Å². The number of hydrogen-bond donors (Lipinski definition) is 1. The van der Waals surface area contributed by atoms with Crippen molar-refractivity contribution in [1.29, 1.82) is 0 Å². The average molecular weight is 318 g/mol. The Morgan fingerprint density at radius 3 is 2.30 bits per heavy atom. The lowest BCUT2D eigenvalue weighted by Gasteiger charge is -2.33. The van der Waals surface area contributed by atoms with Crippen LogP contribution in [0.1, 0.15) is 11.7 Å². The predicted octanol–water partition coefficient (Wildman–Crippen LogP) is 3.57. The number of nitrogens with zero attached hydrogens (tertiary/aromatic N) is 1. The summed E-state index contributed by atoms with van der Waals surface area (Å²) in [4.78, 5) is 13.9. The molecule has 6 heteroatoms. The van der Waals surface area contributed by atoms with Crippen molar-refractivity contribution in [3.8, 4) is 0 Å². The van der Waals surface area contributed by atoms with Crippen molar-refractivity contribution in [1.82, 2.24) is 4.90 Å². The maximum Gasteiger partial charge on any atom is 0.322 e. The van der Waals surface area contributed by atoms with Gasteiger partial charge in [0.2, 0.25) is 0 Å². The molecule has 120 valence electrons. The molecule has 1 aliphatic rings. The smallest absolute Gasteiger partial charge is 0.322 e. The molecule has 0 aliphatic carbocycles. The third-order valence-corrected chi connectivity index (χ3v) is 3.69. The number of benzene rings is 2. The van der Waals surface area contributed by atoms with Crippen LogP contribution in [0.5, 0.6) is 0 Å². The van der Waals surface area contributed by atoms with Crippen LogP contribution in [0, 0.1) is 11.6 Å². The average Bonchev–Trinajstić information content (AvgIpc) is 2.58. The van der Waals surface area contributed by atoms with Gasteiger partial charge in [0.25, 0.3) is 0 Å². The van der Waals surface area contributed by atoms with Crippen molar-refractivity contribution in [2.75, 3.05) is 25.0 Å². The van der Waals surface area contributed by atoms with Gasteiger partial charge in [-0.15, -0.1) is 0 Å². The SMILES string of the molecule is O=C(Nc1ccc(F)cc1)N1CCOC(c2ccc(F)cc2)C1. The maximum atomic E-state index is 13.0. The molecule has 0 radical (unpaired) electrons. The van der Waals surface area contributed by atoms with E-state index in [1.807, 2.05) is 0 Å². The number of ether oxygens (including phenoxy) is 1. The molecule has 0 bridgehead atoms. The largest absolute Gasteiger partial charge is 0.370 e. The number of carbonyl (C=O) groups is 1. The van der Waals surface area contributed by atoms with Crippen LogP contribution in [0.15, 0.2) is 48.5 Å². The summed E-state index contributed by atoms with van der Waals surface area (Å²) in [6, 6.07) is 11.4. The first kappa shape index (κ1) is 15.4. The fraction of sp³-hybridized carbons (Fsp3) is 0.235. The molecule has 0 saturated carbocycles. The highest BCUT2D eigenvalue weighted by Gasteiger charge is 2.25. The Morgan fingerprint density at radius 1 is 1.04 bits per heavy atom. The summed E-state index contributed by atoms with van der Waals surface area (Å²) in [5.74, 6) is -0.666. The zero-order valence-electron chi connectivity index (χ0n) is 12.3. The minimum absolute atomic E-state index is 0.271. The van der Waals surface area contributed by atoms with Gasteiger partial charge in [-0.05, 0) is 42.0 Å². The molecule has 23 heavy (non-hydrogen) atoms. The van der Waals surface area contributed by atoms with E-state index in [1.54, 1.807) is 17.0 Å². The Bertz CT molecular complexity index is 674. The molecule has 0 spiro atoms. The zero-order chi connectivity index (χ0) is 16.2. The molecular formula is C17H16F2N2O2. The first-order chi connectivity index (χ1) is 11.1. The Labute approximate surface area is 132 Å². The van der Waals surface area contributed by atoms with Gasteiger partial charge in [0.1, 0.15) is 17.7 Å². The molecule has 2 amide bonds. The lowest BCUT2D eigenvalue weighted by Crippen LogP contribution is -2.44. The highest BCUT2D eigenvalue weighted by molar-refractivity contribution is 5.89. The van der Waals surface area contributed by atoms with E-state index in [2.05, 4.69) is 5.32 Å². The van der Waals surface area contributed by atoms with Gasteiger partial charge in [-0.25, -0.2) is 13.6 Å². The summed E-state index contributed by atoms with van der Waals surface area (Å²) in [5.41, 5.74) is 1.35. The highest BCUT2D eigenvalue weighted by Crippen LogP contribution is 2.23. The van der Waals surface area contributed by atoms with Gasteiger partial charge >= 0.3 is 6.03 Å². The molecule has 3 rings (SSSR count). The Balaban J connectivity index is 1.64. The molecule has 1 atom stereocenters. The number of urea groups is 1. The van der Waals surface area contributed by atoms with Gasteiger partial charge < -0.3 is 15.0 Å². The number of morpholine rings is 1. The Morgan fingerprint density at radius 2 is 1.65 bits per heavy atom. The summed E-state index contributed by atoms with van der Waals surface area (Å²) in [6.45, 7) is 1.24. The molecular weight excluding hydrogens is 302 g/mol. The Kier molecular flexibility index (Phi) is 4.52. The number of anilines is 1. The fourth-order valence-electron chi connectivity index (χ4n) is 2.45. The van der Waals surface area contributed by atoms with Gasteiger partial charge in [0, 0.05) is 12.2 Å². The second-order valence-corrected chi connectivity index (χ2v) is 5.29. The summed E-state index contributed by atoms with van der Waals surface area (Å²) in [7, 11) is 0. The van der Waals surface area contributed by atoms with Crippen LogP contribution in [0.3, 0.4) is 0 Å². The van der Waals surface area contributed by atoms with E-state index in [9.17, 15) is 13.6 Å². The molecule has 1 fully saturated rings. The van der Waals surface area contributed by atoms with Crippen molar-refractivity contribution in [2.45, 2.75) is 6.10 Å². The van der Waals surface area contributed by atoms with Crippen molar-refractivity contribution in [3.63, 3.8) is 0 Å². The van der Waals surface area contributed by atoms with Crippen LogP contribution in [0.2, 0.25) is 0 Å². The second kappa shape index (κ2) is 6.75. The quantitative estimate of drug-likeness (QED) is 0.920. The number of halogens is 2. The molecule has 1 saturated heterocycles. The molecule has 1 heterocycles. The van der Waals surface area contributed by atoms with Crippen LogP contribution in [0.4, 0.5) is 19.3 Å². The van der Waals surface area contributed by atoms with E-state index < -0.39 is 0 Å². The lowest BCUT2D eigenvalue weighted by atomic mass is 10.1. The first-order valence-corrected chi connectivity index (χ1v) is 7.30. The van der Waals surface area contributed by atoms with Gasteiger partial charge in [-0.1, -0.05) is 12.1 Å². The monoisotopic (exact) mass is 318 g/mol. The van der Waals surface area contributed by atoms with Gasteiger partial charge in [0.15, 0.2) is 0 Å². The minimum atomic E-state index is -0.356. The van der Waals surface area contributed by atoms with E-state index in [1.165, 1.54) is 36.4 Å². The third kappa shape index (κ3) is 3.84. The molecule has 2 aromatic rings. The number of carbonyl (C=O) groups excluding carboxylic acids is 1. The van der Waals surface area contributed by atoms with E-state index in [4.69, 9.17) is 4.74 Å². The molecule has 4 nitrogen and oxygen atoms in total. The molecule has 0 aromatic heterocycles. The maximum absolute atomic E-state index is 13.0. The van der Waals surface area contributed by atoms with Gasteiger partial charge in [-0.2, -0.15) is 0 Å². The van der Waals surface area contributed by atoms with E-state index in [0.717, 1.165) is 5.56 Å². The summed E-state index contributed by atoms with van der Waals surface area (Å²) in [6.07, 6.45) is -0.289. The minimum Gasteiger partial charge on any atom is -0.370 e. The number of nitrogens with one attached hydrogen (secondary N) is 1. The summed E-state index contributed by atoms with van der Waals surface area (Å²) in [5, 5.41) is 2.72. The molecule has 2 aromatic carbocycles. The fourth-order valence-corrected chi connectivity index (χ4v) is 2.45. The predicted molar refractivity (Wildman–Crippen MR) is 82.1 cm³/mol. The van der Waals surface area contributed by atoms with Crippen LogP contribution in [-0.2, 0) is 4.74 Å². The molecule has 1 unspecified atom stereocenters. The van der Waals surface area contributed by atoms with Crippen LogP contribution in [-0.4, -0.2) is 30.6 Å². The zero-order valence-corrected chi connectivity index (χ0v) is 12.3. The Hall–Kier alpha value is -2.47. The normalized spacial score (nSPS) is 17.8. The van der Waals surface area contributed by atoms with E-state index >= 15 is 0 Å². The van der Waals surface area contributed by atoms with Crippen LogP contribution in [0.25, 0.3) is 0 Å². The second-order valence-electron chi connectivity index (χ2n) is 5.29. The van der Waals surface area contributed by atoms with Crippen molar-refractivity contribution in [2.24, 2.45) is 0 Å². The number of amides is 2. The van der Waals surface area contributed by atoms with E-state index in [-0.39, 0.29) is 23.8 Å². The summed E-state index contributed by atoms with van der Waals surface area (Å²) >= 11 is 0. The van der Waals surface area contributed by atoms with Crippen molar-refractivity contribution < 1.29 is 18.3 Å². The number of rotatable bonds is 2. The van der Waals surface area contributed by atoms with Crippen molar-refractivity contribution >= 4 is 11.7 Å². The standard InChI is InChI=1S/C17H16F2N2O2/c18-13-3-1-12(2-4-13)16-11-21(9-10-23-16)17(22)20-15-7-5-14(19)6-8-15/h1-8,16H,9-11H2,(H,20,22). The number of hydrogen-bond acceptors (Lipinski definition) is 2. The highest BCUT2D eigenvalue weighted by atomic mass is 19.1. The first-order valence-electron chi connectivity index (χ1n) is 7.30. The van der Waals surface area contributed by atoms with Crippen molar-refractivity contribution in [3.05, 3.63) is 65.7 Å². The summed E-state index contributed by atoms with van der Waals surface area (Å²) < 4.78 is 31.5. The van der Waals surface area contributed by atoms with Crippen LogP contribution < -0.4 is 5.32 Å². The van der Waals surface area contributed by atoms with E-state index in [0.29, 0.717) is 25.4 Å².